The van der Waals surface area contributed by atoms with E-state index in [9.17, 15) is 13.2 Å². The van der Waals surface area contributed by atoms with Gasteiger partial charge in [0, 0.05) is 46.0 Å². The largest absolute Gasteiger partial charge is 0.435 e. The van der Waals surface area contributed by atoms with E-state index in [4.69, 9.17) is 0 Å². The lowest BCUT2D eigenvalue weighted by atomic mass is 10.2. The summed E-state index contributed by atoms with van der Waals surface area (Å²) in [6.07, 6.45) is 0.511. The van der Waals surface area contributed by atoms with E-state index < -0.39 is 11.9 Å². The van der Waals surface area contributed by atoms with Crippen LogP contribution in [0.25, 0.3) is 0 Å². The molecule has 8 heteroatoms. The van der Waals surface area contributed by atoms with Crippen molar-refractivity contribution in [3.05, 3.63) is 30.1 Å². The van der Waals surface area contributed by atoms with Crippen LogP contribution < -0.4 is 5.32 Å². The Morgan fingerprint density at radius 1 is 1.55 bits per heavy atom. The number of rotatable bonds is 6. The van der Waals surface area contributed by atoms with Crippen molar-refractivity contribution in [2.75, 3.05) is 20.6 Å². The number of unbranched alkanes of at least 4 members (excludes halogenated alkanes) is 1. The molecule has 0 fully saturated rings. The predicted molar refractivity (Wildman–Crippen MR) is 80.5 cm³/mol. The number of hydrogen-bond acceptors (Lipinski definition) is 2. The molecule has 0 aliphatic rings. The number of aliphatic imine (C=N–C) groups is 1. The van der Waals surface area contributed by atoms with E-state index >= 15 is 0 Å². The molecule has 5 nitrogen and oxygen atoms in total. The molecule has 1 heterocycles. The van der Waals surface area contributed by atoms with Crippen molar-refractivity contribution in [1.82, 2.24) is 20.0 Å². The fourth-order valence-corrected chi connectivity index (χ4v) is 2.04. The van der Waals surface area contributed by atoms with Crippen molar-refractivity contribution >= 4 is 5.96 Å². The Labute approximate surface area is 128 Å². The summed E-state index contributed by atoms with van der Waals surface area (Å²) >= 11 is 0. The van der Waals surface area contributed by atoms with Gasteiger partial charge in [-0.3, -0.25) is 9.67 Å². The van der Waals surface area contributed by atoms with E-state index in [0.29, 0.717) is 5.96 Å². The number of alkyl halides is 3. The summed E-state index contributed by atoms with van der Waals surface area (Å²) in [6, 6.07) is 0. The number of aromatic nitrogens is 2. The summed E-state index contributed by atoms with van der Waals surface area (Å²) in [5.41, 5.74) is -0.775. The second kappa shape index (κ2) is 7.86. The summed E-state index contributed by atoms with van der Waals surface area (Å²) in [7, 11) is 4.90. The van der Waals surface area contributed by atoms with Crippen molar-refractivity contribution in [2.45, 2.75) is 25.6 Å². The molecule has 1 N–H and O–H groups in total. The second-order valence-corrected chi connectivity index (χ2v) is 4.93. The van der Waals surface area contributed by atoms with Gasteiger partial charge < -0.3 is 10.2 Å². The molecule has 0 bridgehead atoms. The smallest absolute Gasteiger partial charge is 0.352 e. The lowest BCUT2D eigenvalue weighted by molar-refractivity contribution is -0.142. The first-order valence-corrected chi connectivity index (χ1v) is 6.92. The molecule has 0 amide bonds. The van der Waals surface area contributed by atoms with Crippen LogP contribution in [0.15, 0.2) is 23.8 Å². The van der Waals surface area contributed by atoms with E-state index in [1.54, 1.807) is 7.05 Å². The quantitative estimate of drug-likeness (QED) is 0.379. The fraction of sp³-hybridized carbons (Fsp3) is 0.571. The Hall–Kier alpha value is -1.99. The van der Waals surface area contributed by atoms with Crippen molar-refractivity contribution in [2.24, 2.45) is 12.0 Å². The Bertz CT molecular complexity index is 519. The van der Waals surface area contributed by atoms with Gasteiger partial charge in [-0.1, -0.05) is 6.08 Å². The molecular weight excluding hydrogens is 295 g/mol. The Balaban J connectivity index is 2.70. The number of nitrogens with one attached hydrogen (secondary N) is 1. The molecule has 1 aromatic rings. The number of guanidine groups is 1. The van der Waals surface area contributed by atoms with Crippen LogP contribution in [0.3, 0.4) is 0 Å². The number of allylic oxidation sites excluding steroid dienone is 1. The van der Waals surface area contributed by atoms with E-state index in [-0.39, 0.29) is 12.1 Å². The van der Waals surface area contributed by atoms with Gasteiger partial charge in [0.25, 0.3) is 0 Å². The van der Waals surface area contributed by atoms with Crippen LogP contribution in [0, 0.1) is 0 Å². The van der Waals surface area contributed by atoms with Gasteiger partial charge in [0.1, 0.15) is 0 Å². The summed E-state index contributed by atoms with van der Waals surface area (Å²) in [5.74, 6) is 0.543. The minimum Gasteiger partial charge on any atom is -0.352 e. The molecule has 124 valence electrons. The fourth-order valence-electron chi connectivity index (χ4n) is 2.04. The van der Waals surface area contributed by atoms with E-state index in [2.05, 4.69) is 22.0 Å². The number of aryl methyl sites for hydroxylation is 1. The van der Waals surface area contributed by atoms with Gasteiger partial charge in [-0.25, -0.2) is 0 Å². The molecule has 0 unspecified atom stereocenters. The van der Waals surface area contributed by atoms with Crippen molar-refractivity contribution < 1.29 is 13.2 Å². The average molecular weight is 317 g/mol. The first-order chi connectivity index (χ1) is 10.3. The van der Waals surface area contributed by atoms with E-state index in [0.717, 1.165) is 24.1 Å². The SMILES string of the molecule is C=CCCCN(C)C(=NC)NCc1cn(C)nc1C(F)(F)F. The minimum atomic E-state index is -4.46. The zero-order chi connectivity index (χ0) is 16.8. The third-order valence-corrected chi connectivity index (χ3v) is 3.09. The second-order valence-electron chi connectivity index (χ2n) is 4.93. The molecular formula is C14H22F3N5. The molecule has 0 saturated carbocycles. The van der Waals surface area contributed by atoms with Crippen molar-refractivity contribution in [3.8, 4) is 0 Å². The maximum Gasteiger partial charge on any atom is 0.435 e. The molecule has 0 spiro atoms. The maximum absolute atomic E-state index is 12.9. The summed E-state index contributed by atoms with van der Waals surface area (Å²) in [6.45, 7) is 4.41. The molecule has 1 rings (SSSR count). The van der Waals surface area contributed by atoms with Crippen LogP contribution in [0.4, 0.5) is 13.2 Å². The van der Waals surface area contributed by atoms with E-state index in [1.165, 1.54) is 13.2 Å². The number of nitrogens with zero attached hydrogens (tertiary/aromatic N) is 4. The van der Waals surface area contributed by atoms with Crippen LogP contribution in [-0.2, 0) is 19.8 Å². The first kappa shape index (κ1) is 18.1. The minimum absolute atomic E-state index is 0.0150. The van der Waals surface area contributed by atoms with Crippen LogP contribution in [-0.4, -0.2) is 41.3 Å². The number of hydrogen-bond donors (Lipinski definition) is 1. The monoisotopic (exact) mass is 317 g/mol. The third kappa shape index (κ3) is 5.09. The predicted octanol–water partition coefficient (Wildman–Crippen LogP) is 2.41. The van der Waals surface area contributed by atoms with Gasteiger partial charge >= 0.3 is 6.18 Å². The highest BCUT2D eigenvalue weighted by Crippen LogP contribution is 2.30. The summed E-state index contributed by atoms with van der Waals surface area (Å²) < 4.78 is 39.8. The molecule has 0 saturated heterocycles. The van der Waals surface area contributed by atoms with Crippen LogP contribution in [0.5, 0.6) is 0 Å². The highest BCUT2D eigenvalue weighted by atomic mass is 19.4. The standard InChI is InChI=1S/C14H22F3N5/c1-5-6-7-8-21(3)13(18-2)19-9-11-10-22(4)20-12(11)14(15,16)17/h5,10H,1,6-9H2,2-4H3,(H,18,19). The van der Waals surface area contributed by atoms with Gasteiger partial charge in [0.2, 0.25) is 0 Å². The van der Waals surface area contributed by atoms with Crippen molar-refractivity contribution in [1.29, 1.82) is 0 Å². The Morgan fingerprint density at radius 2 is 2.23 bits per heavy atom. The van der Waals surface area contributed by atoms with Gasteiger partial charge in [-0.15, -0.1) is 6.58 Å². The van der Waals surface area contributed by atoms with Gasteiger partial charge in [0.15, 0.2) is 11.7 Å². The average Bonchev–Trinajstić information content (AvgIpc) is 2.81. The normalized spacial score (nSPS) is 12.4. The van der Waals surface area contributed by atoms with E-state index in [1.807, 2.05) is 18.0 Å². The molecule has 0 aromatic carbocycles. The maximum atomic E-state index is 12.9. The topological polar surface area (TPSA) is 45.5 Å². The van der Waals surface area contributed by atoms with Gasteiger partial charge in [-0.2, -0.15) is 18.3 Å². The lowest BCUT2D eigenvalue weighted by Gasteiger charge is -2.21. The van der Waals surface area contributed by atoms with Crippen LogP contribution >= 0.6 is 0 Å². The van der Waals surface area contributed by atoms with Crippen molar-refractivity contribution in [3.63, 3.8) is 0 Å². The molecule has 0 aliphatic carbocycles. The molecule has 0 atom stereocenters. The summed E-state index contributed by atoms with van der Waals surface area (Å²) in [4.78, 5) is 5.95. The van der Waals surface area contributed by atoms with Gasteiger partial charge in [-0.05, 0) is 12.8 Å². The Kier molecular flexibility index (Phi) is 6.45. The third-order valence-electron chi connectivity index (χ3n) is 3.09. The molecule has 0 radical (unpaired) electrons. The molecule has 0 aliphatic heterocycles. The summed E-state index contributed by atoms with van der Waals surface area (Å²) in [5, 5.41) is 6.41. The van der Waals surface area contributed by atoms with Crippen LogP contribution in [0.2, 0.25) is 0 Å². The zero-order valence-corrected chi connectivity index (χ0v) is 13.1. The van der Waals surface area contributed by atoms with Crippen LogP contribution in [0.1, 0.15) is 24.1 Å². The number of halogens is 3. The zero-order valence-electron chi connectivity index (χ0n) is 13.1. The Morgan fingerprint density at radius 3 is 2.77 bits per heavy atom. The highest BCUT2D eigenvalue weighted by molar-refractivity contribution is 5.79. The molecule has 22 heavy (non-hydrogen) atoms. The molecule has 1 aromatic heterocycles. The first-order valence-electron chi connectivity index (χ1n) is 6.92. The highest BCUT2D eigenvalue weighted by Gasteiger charge is 2.36. The van der Waals surface area contributed by atoms with Gasteiger partial charge in [0.05, 0.1) is 0 Å². The lowest BCUT2D eigenvalue weighted by Crippen LogP contribution is -2.39.